The van der Waals surface area contributed by atoms with Crippen molar-refractivity contribution in [3.8, 4) is 0 Å². The van der Waals surface area contributed by atoms with E-state index < -0.39 is 0 Å². The third-order valence-electron chi connectivity index (χ3n) is 6.50. The maximum absolute atomic E-state index is 12.7. The van der Waals surface area contributed by atoms with Gasteiger partial charge in [-0.25, -0.2) is 0 Å². The Hall–Kier alpha value is -1.88. The van der Waals surface area contributed by atoms with Crippen molar-refractivity contribution in [2.45, 2.75) is 51.1 Å². The second kappa shape index (κ2) is 8.01. The number of carbonyl (C=O) groups excluding carboxylic acids is 2. The first-order valence-electron chi connectivity index (χ1n) is 10.5. The Morgan fingerprint density at radius 2 is 1.67 bits per heavy atom. The predicted octanol–water partition coefficient (Wildman–Crippen LogP) is 2.59. The van der Waals surface area contributed by atoms with Gasteiger partial charge in [-0.1, -0.05) is 30.3 Å². The van der Waals surface area contributed by atoms with Crippen LogP contribution >= 0.6 is 0 Å². The molecule has 5 nitrogen and oxygen atoms in total. The molecule has 5 heteroatoms. The minimum absolute atomic E-state index is 0.0637. The molecular weight excluding hydrogens is 338 g/mol. The normalized spacial score (nSPS) is 25.4. The highest BCUT2D eigenvalue weighted by molar-refractivity contribution is 5.82. The first kappa shape index (κ1) is 18.5. The van der Waals surface area contributed by atoms with Crippen molar-refractivity contribution in [2.75, 3.05) is 26.2 Å². The number of amides is 2. The van der Waals surface area contributed by atoms with Crippen molar-refractivity contribution in [1.29, 1.82) is 0 Å². The van der Waals surface area contributed by atoms with E-state index in [1.807, 2.05) is 11.0 Å². The molecular formula is C22H31N3O2. The lowest BCUT2D eigenvalue weighted by atomic mass is 9.95. The van der Waals surface area contributed by atoms with Crippen LogP contribution in [0, 0.1) is 11.8 Å². The lowest BCUT2D eigenvalue weighted by Crippen LogP contribution is -2.46. The van der Waals surface area contributed by atoms with Crippen molar-refractivity contribution in [3.63, 3.8) is 0 Å². The molecule has 146 valence electrons. The lowest BCUT2D eigenvalue weighted by molar-refractivity contribution is -0.136. The second-order valence-corrected chi connectivity index (χ2v) is 8.45. The summed E-state index contributed by atoms with van der Waals surface area (Å²) in [6, 6.07) is 11.2. The Balaban J connectivity index is 1.23. The zero-order valence-corrected chi connectivity index (χ0v) is 16.3. The molecule has 3 fully saturated rings. The van der Waals surface area contributed by atoms with Crippen LogP contribution in [-0.4, -0.2) is 53.8 Å². The number of nitrogens with one attached hydrogen (secondary N) is 1. The summed E-state index contributed by atoms with van der Waals surface area (Å²) in [6.45, 7) is 5.67. The Bertz CT molecular complexity index is 665. The number of hydrogen-bond donors (Lipinski definition) is 1. The largest absolute Gasteiger partial charge is 0.352 e. The van der Waals surface area contributed by atoms with Crippen molar-refractivity contribution < 1.29 is 9.59 Å². The lowest BCUT2D eigenvalue weighted by Gasteiger charge is -2.32. The molecule has 0 aromatic heterocycles. The summed E-state index contributed by atoms with van der Waals surface area (Å²) < 4.78 is 0. The van der Waals surface area contributed by atoms with E-state index in [0.29, 0.717) is 11.9 Å². The minimum atomic E-state index is 0.0637. The number of benzene rings is 1. The number of hydrogen-bond acceptors (Lipinski definition) is 3. The van der Waals surface area contributed by atoms with Crippen molar-refractivity contribution in [3.05, 3.63) is 35.9 Å². The van der Waals surface area contributed by atoms with Crippen LogP contribution < -0.4 is 5.32 Å². The van der Waals surface area contributed by atoms with Gasteiger partial charge in [0.15, 0.2) is 0 Å². The molecule has 0 radical (unpaired) electrons. The SMILES string of the molecule is C[C@H](c1ccccc1)N1CC[C@H](NC(=O)C2CCN(C(=O)C3CC3)CC2)C1. The first-order valence-corrected chi connectivity index (χ1v) is 10.5. The van der Waals surface area contributed by atoms with Crippen LogP contribution in [-0.2, 0) is 9.59 Å². The highest BCUT2D eigenvalue weighted by Gasteiger charge is 2.36. The van der Waals surface area contributed by atoms with Crippen LogP contribution in [0.25, 0.3) is 0 Å². The standard InChI is InChI=1S/C22H31N3O2/c1-16(17-5-3-2-4-6-17)25-14-11-20(15-25)23-21(26)18-9-12-24(13-10-18)22(27)19-7-8-19/h2-6,16,18-20H,7-15H2,1H3,(H,23,26)/t16-,20+/m1/s1. The summed E-state index contributed by atoms with van der Waals surface area (Å²) in [5.41, 5.74) is 1.33. The molecule has 1 saturated carbocycles. The third kappa shape index (κ3) is 4.34. The van der Waals surface area contributed by atoms with E-state index in [4.69, 9.17) is 0 Å². The number of piperidine rings is 1. The van der Waals surface area contributed by atoms with Gasteiger partial charge in [0.1, 0.15) is 0 Å². The summed E-state index contributed by atoms with van der Waals surface area (Å²) in [4.78, 5) is 29.3. The molecule has 2 heterocycles. The smallest absolute Gasteiger partial charge is 0.225 e. The van der Waals surface area contributed by atoms with Crippen molar-refractivity contribution in [1.82, 2.24) is 15.1 Å². The fourth-order valence-electron chi connectivity index (χ4n) is 4.47. The monoisotopic (exact) mass is 369 g/mol. The molecule has 0 unspecified atom stereocenters. The summed E-state index contributed by atoms with van der Waals surface area (Å²) in [6.07, 6.45) is 4.74. The molecule has 27 heavy (non-hydrogen) atoms. The third-order valence-corrected chi connectivity index (χ3v) is 6.50. The minimum Gasteiger partial charge on any atom is -0.352 e. The molecule has 2 saturated heterocycles. The van der Waals surface area contributed by atoms with E-state index in [0.717, 1.165) is 58.3 Å². The molecule has 3 aliphatic rings. The summed E-state index contributed by atoms with van der Waals surface area (Å²) >= 11 is 0. The van der Waals surface area contributed by atoms with Gasteiger partial charge >= 0.3 is 0 Å². The van der Waals surface area contributed by atoms with E-state index in [-0.39, 0.29) is 23.8 Å². The van der Waals surface area contributed by atoms with E-state index in [1.54, 1.807) is 0 Å². The Labute approximate surface area is 162 Å². The molecule has 1 aromatic rings. The van der Waals surface area contributed by atoms with Gasteiger partial charge in [-0.05, 0) is 44.6 Å². The quantitative estimate of drug-likeness (QED) is 0.868. The van der Waals surface area contributed by atoms with Crippen LogP contribution in [0.4, 0.5) is 0 Å². The maximum atomic E-state index is 12.7. The van der Waals surface area contributed by atoms with Crippen molar-refractivity contribution >= 4 is 11.8 Å². The highest BCUT2D eigenvalue weighted by Crippen LogP contribution is 2.32. The number of rotatable bonds is 5. The number of likely N-dealkylation sites (tertiary alicyclic amines) is 2. The van der Waals surface area contributed by atoms with Crippen LogP contribution in [0.1, 0.15) is 50.6 Å². The van der Waals surface area contributed by atoms with Gasteiger partial charge in [0.2, 0.25) is 11.8 Å². The predicted molar refractivity (Wildman–Crippen MR) is 105 cm³/mol. The van der Waals surface area contributed by atoms with E-state index in [9.17, 15) is 9.59 Å². The summed E-state index contributed by atoms with van der Waals surface area (Å²) in [5.74, 6) is 0.850. The topological polar surface area (TPSA) is 52.7 Å². The van der Waals surface area contributed by atoms with E-state index in [1.165, 1.54) is 5.56 Å². The van der Waals surface area contributed by atoms with Crippen molar-refractivity contribution in [2.24, 2.45) is 11.8 Å². The first-order chi connectivity index (χ1) is 13.1. The van der Waals surface area contributed by atoms with Crippen LogP contribution in [0.15, 0.2) is 30.3 Å². The average Bonchev–Trinajstić information content (AvgIpc) is 3.46. The zero-order valence-electron chi connectivity index (χ0n) is 16.3. The van der Waals surface area contributed by atoms with Gasteiger partial charge in [0, 0.05) is 50.1 Å². The molecule has 2 aliphatic heterocycles. The molecule has 1 N–H and O–H groups in total. The summed E-state index contributed by atoms with van der Waals surface area (Å²) in [5, 5.41) is 3.28. The number of carbonyl (C=O) groups is 2. The fraction of sp³-hybridized carbons (Fsp3) is 0.636. The molecule has 0 spiro atoms. The average molecular weight is 370 g/mol. The summed E-state index contributed by atoms with van der Waals surface area (Å²) in [7, 11) is 0. The van der Waals surface area contributed by atoms with Crippen LogP contribution in [0.3, 0.4) is 0 Å². The van der Waals surface area contributed by atoms with Gasteiger partial charge < -0.3 is 10.2 Å². The van der Waals surface area contributed by atoms with E-state index in [2.05, 4.69) is 41.4 Å². The Kier molecular flexibility index (Phi) is 5.48. The maximum Gasteiger partial charge on any atom is 0.225 e. The highest BCUT2D eigenvalue weighted by atomic mass is 16.2. The molecule has 2 amide bonds. The number of nitrogens with zero attached hydrogens (tertiary/aromatic N) is 2. The zero-order chi connectivity index (χ0) is 18.8. The van der Waals surface area contributed by atoms with Gasteiger partial charge in [0.25, 0.3) is 0 Å². The van der Waals surface area contributed by atoms with Gasteiger partial charge in [0.05, 0.1) is 0 Å². The molecule has 2 atom stereocenters. The fourth-order valence-corrected chi connectivity index (χ4v) is 4.47. The molecule has 1 aliphatic carbocycles. The second-order valence-electron chi connectivity index (χ2n) is 8.45. The van der Waals surface area contributed by atoms with Crippen LogP contribution in [0.2, 0.25) is 0 Å². The van der Waals surface area contributed by atoms with Gasteiger partial charge in [-0.3, -0.25) is 14.5 Å². The van der Waals surface area contributed by atoms with Gasteiger partial charge in [-0.2, -0.15) is 0 Å². The Morgan fingerprint density at radius 3 is 2.33 bits per heavy atom. The molecule has 0 bridgehead atoms. The van der Waals surface area contributed by atoms with Gasteiger partial charge in [-0.15, -0.1) is 0 Å². The van der Waals surface area contributed by atoms with Crippen LogP contribution in [0.5, 0.6) is 0 Å². The molecule has 1 aromatic carbocycles. The van der Waals surface area contributed by atoms with E-state index >= 15 is 0 Å². The molecule has 4 rings (SSSR count). The Morgan fingerprint density at radius 1 is 0.963 bits per heavy atom.